The Bertz CT molecular complexity index is 390. The summed E-state index contributed by atoms with van der Waals surface area (Å²) in [5, 5.41) is 4.32. The molecule has 0 bridgehead atoms. The summed E-state index contributed by atoms with van der Waals surface area (Å²) < 4.78 is 5.42. The highest BCUT2D eigenvalue weighted by Gasteiger charge is 2.37. The van der Waals surface area contributed by atoms with Crippen molar-refractivity contribution in [3.8, 4) is 5.75 Å². The van der Waals surface area contributed by atoms with Crippen LogP contribution in [0.5, 0.6) is 5.75 Å². The van der Waals surface area contributed by atoms with Gasteiger partial charge in [0.2, 0.25) is 0 Å². The molecule has 1 saturated heterocycles. The Morgan fingerprint density at radius 2 is 2.19 bits per heavy atom. The molecule has 0 aromatic heterocycles. The normalized spacial score (nSPS) is 23.4. The molecule has 0 aliphatic carbocycles. The summed E-state index contributed by atoms with van der Waals surface area (Å²) in [5.41, 5.74) is 1.22. The first-order chi connectivity index (χ1) is 7.56. The number of hydrogen-bond donors (Lipinski definition) is 1. The summed E-state index contributed by atoms with van der Waals surface area (Å²) in [5.74, 6) is 1.31. The Morgan fingerprint density at radius 3 is 2.75 bits per heavy atom. The molecular formula is C13H18ClNO. The van der Waals surface area contributed by atoms with Crippen molar-refractivity contribution < 1.29 is 4.74 Å². The van der Waals surface area contributed by atoms with E-state index in [1.165, 1.54) is 0 Å². The molecule has 1 unspecified atom stereocenters. The van der Waals surface area contributed by atoms with Gasteiger partial charge in [0.05, 0.1) is 7.11 Å². The van der Waals surface area contributed by atoms with Gasteiger partial charge in [-0.05, 0) is 38.9 Å². The van der Waals surface area contributed by atoms with Crippen LogP contribution < -0.4 is 10.1 Å². The van der Waals surface area contributed by atoms with Crippen LogP contribution in [0, 0.1) is 0 Å². The van der Waals surface area contributed by atoms with E-state index in [0.29, 0.717) is 5.92 Å². The van der Waals surface area contributed by atoms with Crippen LogP contribution in [0.1, 0.15) is 31.7 Å². The largest absolute Gasteiger partial charge is 0.496 e. The molecular weight excluding hydrogens is 222 g/mol. The van der Waals surface area contributed by atoms with E-state index >= 15 is 0 Å². The van der Waals surface area contributed by atoms with E-state index < -0.39 is 0 Å². The molecule has 1 heterocycles. The summed E-state index contributed by atoms with van der Waals surface area (Å²) in [7, 11) is 1.70. The van der Waals surface area contributed by atoms with Crippen molar-refractivity contribution in [3.63, 3.8) is 0 Å². The van der Waals surface area contributed by atoms with Crippen molar-refractivity contribution in [1.29, 1.82) is 0 Å². The van der Waals surface area contributed by atoms with Crippen LogP contribution in [-0.4, -0.2) is 19.2 Å². The second-order valence-electron chi connectivity index (χ2n) is 4.85. The molecule has 1 aliphatic heterocycles. The van der Waals surface area contributed by atoms with Gasteiger partial charge in [0.25, 0.3) is 0 Å². The number of methoxy groups -OCH3 is 1. The van der Waals surface area contributed by atoms with Gasteiger partial charge in [-0.3, -0.25) is 0 Å². The Hall–Kier alpha value is -0.730. The highest BCUT2D eigenvalue weighted by molar-refractivity contribution is 6.31. The molecule has 0 spiro atoms. The Morgan fingerprint density at radius 1 is 1.44 bits per heavy atom. The van der Waals surface area contributed by atoms with E-state index in [4.69, 9.17) is 16.3 Å². The van der Waals surface area contributed by atoms with Gasteiger partial charge < -0.3 is 10.1 Å². The molecule has 1 aromatic rings. The van der Waals surface area contributed by atoms with Gasteiger partial charge >= 0.3 is 0 Å². The molecule has 1 aliphatic rings. The van der Waals surface area contributed by atoms with E-state index in [-0.39, 0.29) is 5.54 Å². The Labute approximate surface area is 102 Å². The van der Waals surface area contributed by atoms with Crippen LogP contribution >= 0.6 is 11.6 Å². The third kappa shape index (κ3) is 1.92. The molecule has 1 N–H and O–H groups in total. The summed E-state index contributed by atoms with van der Waals surface area (Å²) in [6, 6.07) is 5.85. The van der Waals surface area contributed by atoms with Gasteiger partial charge in [0.15, 0.2) is 0 Å². The maximum atomic E-state index is 6.31. The minimum atomic E-state index is 0.0816. The third-order valence-electron chi connectivity index (χ3n) is 3.47. The maximum absolute atomic E-state index is 6.31. The average molecular weight is 240 g/mol. The molecule has 1 atom stereocenters. The van der Waals surface area contributed by atoms with Gasteiger partial charge in [-0.1, -0.05) is 17.7 Å². The fourth-order valence-electron chi connectivity index (χ4n) is 2.56. The molecule has 0 radical (unpaired) electrons. The number of nitrogens with one attached hydrogen (secondary N) is 1. The van der Waals surface area contributed by atoms with Crippen LogP contribution in [0.15, 0.2) is 18.2 Å². The molecule has 88 valence electrons. The first-order valence-electron chi connectivity index (χ1n) is 5.63. The zero-order chi connectivity index (χ0) is 11.8. The first kappa shape index (κ1) is 11.7. The Balaban J connectivity index is 2.47. The summed E-state index contributed by atoms with van der Waals surface area (Å²) in [6.45, 7) is 5.47. The molecule has 2 rings (SSSR count). The zero-order valence-corrected chi connectivity index (χ0v) is 10.8. The lowest BCUT2D eigenvalue weighted by atomic mass is 9.83. The van der Waals surface area contributed by atoms with E-state index in [9.17, 15) is 0 Å². The number of ether oxygens (including phenoxy) is 1. The molecule has 2 nitrogen and oxygen atoms in total. The van der Waals surface area contributed by atoms with Crippen molar-refractivity contribution in [2.24, 2.45) is 0 Å². The van der Waals surface area contributed by atoms with Crippen LogP contribution in [0.25, 0.3) is 0 Å². The monoisotopic (exact) mass is 239 g/mol. The SMILES string of the molecule is COc1cccc(Cl)c1C1CCNC1(C)C. The number of halogens is 1. The van der Waals surface area contributed by atoms with E-state index in [1.807, 2.05) is 18.2 Å². The number of benzene rings is 1. The van der Waals surface area contributed by atoms with E-state index in [2.05, 4.69) is 19.2 Å². The van der Waals surface area contributed by atoms with Crippen molar-refractivity contribution >= 4 is 11.6 Å². The summed E-state index contributed by atoms with van der Waals surface area (Å²) in [4.78, 5) is 0. The molecule has 0 amide bonds. The highest BCUT2D eigenvalue weighted by atomic mass is 35.5. The molecule has 16 heavy (non-hydrogen) atoms. The second kappa shape index (κ2) is 4.27. The van der Waals surface area contributed by atoms with Crippen LogP contribution in [0.2, 0.25) is 5.02 Å². The van der Waals surface area contributed by atoms with Gasteiger partial charge in [-0.15, -0.1) is 0 Å². The lowest BCUT2D eigenvalue weighted by molar-refractivity contribution is 0.376. The standard InChI is InChI=1S/C13H18ClNO/c1-13(2)9(7-8-15-13)12-10(14)5-4-6-11(12)16-3/h4-6,9,15H,7-8H2,1-3H3. The topological polar surface area (TPSA) is 21.3 Å². The fraction of sp³-hybridized carbons (Fsp3) is 0.538. The third-order valence-corrected chi connectivity index (χ3v) is 3.80. The maximum Gasteiger partial charge on any atom is 0.123 e. The molecule has 1 aromatic carbocycles. The van der Waals surface area contributed by atoms with Gasteiger partial charge in [0.1, 0.15) is 5.75 Å². The summed E-state index contributed by atoms with van der Waals surface area (Å²) >= 11 is 6.31. The van der Waals surface area contributed by atoms with Gasteiger partial charge in [-0.2, -0.15) is 0 Å². The van der Waals surface area contributed by atoms with Crippen molar-refractivity contribution in [1.82, 2.24) is 5.32 Å². The quantitative estimate of drug-likeness (QED) is 0.856. The van der Waals surface area contributed by atoms with E-state index in [0.717, 1.165) is 29.3 Å². The van der Waals surface area contributed by atoms with Crippen LogP contribution in [0.3, 0.4) is 0 Å². The predicted octanol–water partition coefficient (Wildman–Crippen LogP) is 3.20. The van der Waals surface area contributed by atoms with Crippen LogP contribution in [-0.2, 0) is 0 Å². The Kier molecular flexibility index (Phi) is 3.13. The predicted molar refractivity (Wildman–Crippen MR) is 67.4 cm³/mol. The van der Waals surface area contributed by atoms with Gasteiger partial charge in [-0.25, -0.2) is 0 Å². The summed E-state index contributed by atoms with van der Waals surface area (Å²) in [6.07, 6.45) is 1.10. The number of hydrogen-bond acceptors (Lipinski definition) is 2. The fourth-order valence-corrected chi connectivity index (χ4v) is 2.86. The van der Waals surface area contributed by atoms with Gasteiger partial charge in [0, 0.05) is 22.0 Å². The lowest BCUT2D eigenvalue weighted by Crippen LogP contribution is -2.37. The van der Waals surface area contributed by atoms with E-state index in [1.54, 1.807) is 7.11 Å². The van der Waals surface area contributed by atoms with Crippen LogP contribution in [0.4, 0.5) is 0 Å². The van der Waals surface area contributed by atoms with Crippen molar-refractivity contribution in [3.05, 3.63) is 28.8 Å². The lowest BCUT2D eigenvalue weighted by Gasteiger charge is -2.29. The molecule has 3 heteroatoms. The minimum absolute atomic E-state index is 0.0816. The molecule has 1 fully saturated rings. The number of rotatable bonds is 2. The molecule has 0 saturated carbocycles. The van der Waals surface area contributed by atoms with Crippen molar-refractivity contribution in [2.75, 3.05) is 13.7 Å². The first-order valence-corrected chi connectivity index (χ1v) is 6.01. The average Bonchev–Trinajstić information content (AvgIpc) is 2.57. The zero-order valence-electron chi connectivity index (χ0n) is 10.0. The van der Waals surface area contributed by atoms with Crippen molar-refractivity contribution in [2.45, 2.75) is 31.7 Å². The highest BCUT2D eigenvalue weighted by Crippen LogP contribution is 2.43. The second-order valence-corrected chi connectivity index (χ2v) is 5.25. The minimum Gasteiger partial charge on any atom is -0.496 e. The smallest absolute Gasteiger partial charge is 0.123 e.